The first-order chi connectivity index (χ1) is 14.8. The number of halogens is 1. The summed E-state index contributed by atoms with van der Waals surface area (Å²) in [5.74, 6) is -0.239. The highest BCUT2D eigenvalue weighted by molar-refractivity contribution is 9.10. The van der Waals surface area contributed by atoms with Crippen molar-refractivity contribution in [3.63, 3.8) is 0 Å². The fourth-order valence-electron chi connectivity index (χ4n) is 3.48. The summed E-state index contributed by atoms with van der Waals surface area (Å²) in [7, 11) is 0. The average molecular weight is 514 g/mol. The summed E-state index contributed by atoms with van der Waals surface area (Å²) in [6, 6.07) is 15.9. The van der Waals surface area contributed by atoms with Crippen LogP contribution in [0, 0.1) is 24.0 Å². The number of aryl methyl sites for hydroxylation is 1. The molecule has 0 atom stereocenters. The third kappa shape index (κ3) is 4.08. The molecular formula is C22H16BrN3O3S2. The van der Waals surface area contributed by atoms with Gasteiger partial charge in [-0.1, -0.05) is 39.9 Å². The molecule has 0 aliphatic carbocycles. The molecule has 1 fully saturated rings. The number of amides is 1. The Morgan fingerprint density at radius 2 is 1.68 bits per heavy atom. The van der Waals surface area contributed by atoms with Gasteiger partial charge >= 0.3 is 0 Å². The lowest BCUT2D eigenvalue weighted by molar-refractivity contribution is -0.384. The number of hydrogen-bond acceptors (Lipinski definition) is 5. The first-order valence-corrected chi connectivity index (χ1v) is 11.3. The number of anilines is 1. The zero-order chi connectivity index (χ0) is 22.3. The predicted octanol–water partition coefficient (Wildman–Crippen LogP) is 6.17. The molecule has 0 unspecified atom stereocenters. The minimum atomic E-state index is -0.477. The second-order valence-corrected chi connectivity index (χ2v) is 9.52. The lowest BCUT2D eigenvalue weighted by Crippen LogP contribution is -2.27. The standard InChI is InChI=1S/C22H16BrN3O3S2/c1-13-11-15(14(2)24(13)17-5-3-16(23)4-6-17)12-20-21(27)25(22(30)31-20)18-7-9-19(10-8-18)26(28)29/h3-12H,1-2H3/b20-12+. The Morgan fingerprint density at radius 1 is 1.06 bits per heavy atom. The molecule has 1 aliphatic rings. The highest BCUT2D eigenvalue weighted by Gasteiger charge is 2.33. The van der Waals surface area contributed by atoms with Crippen molar-refractivity contribution in [2.24, 2.45) is 0 Å². The van der Waals surface area contributed by atoms with Gasteiger partial charge in [-0.25, -0.2) is 0 Å². The van der Waals surface area contributed by atoms with Crippen molar-refractivity contribution >= 4 is 67.6 Å². The van der Waals surface area contributed by atoms with Gasteiger partial charge in [0.15, 0.2) is 4.32 Å². The molecule has 0 N–H and O–H groups in total. The van der Waals surface area contributed by atoms with E-state index in [1.807, 2.05) is 50.3 Å². The maximum Gasteiger partial charge on any atom is 0.270 e. The number of nitrogens with zero attached hydrogens (tertiary/aromatic N) is 3. The van der Waals surface area contributed by atoms with Gasteiger partial charge in [0.05, 0.1) is 15.5 Å². The second-order valence-electron chi connectivity index (χ2n) is 6.93. The molecule has 0 saturated carbocycles. The highest BCUT2D eigenvalue weighted by atomic mass is 79.9. The summed E-state index contributed by atoms with van der Waals surface area (Å²) in [4.78, 5) is 25.4. The quantitative estimate of drug-likeness (QED) is 0.180. The summed E-state index contributed by atoms with van der Waals surface area (Å²) in [6.07, 6.45) is 1.85. The molecule has 0 bridgehead atoms. The molecule has 156 valence electrons. The fourth-order valence-corrected chi connectivity index (χ4v) is 5.03. The van der Waals surface area contributed by atoms with Crippen molar-refractivity contribution in [1.29, 1.82) is 0 Å². The first kappa shape index (κ1) is 21.5. The van der Waals surface area contributed by atoms with E-state index >= 15 is 0 Å². The normalized spacial score (nSPS) is 15.2. The summed E-state index contributed by atoms with van der Waals surface area (Å²) < 4.78 is 3.54. The average Bonchev–Trinajstić information content (AvgIpc) is 3.17. The van der Waals surface area contributed by atoms with Gasteiger partial charge in [0.2, 0.25) is 0 Å². The first-order valence-electron chi connectivity index (χ1n) is 9.23. The number of aromatic nitrogens is 1. The third-order valence-electron chi connectivity index (χ3n) is 4.95. The molecule has 1 aliphatic heterocycles. The predicted molar refractivity (Wildman–Crippen MR) is 132 cm³/mol. The number of rotatable bonds is 4. The fraction of sp³-hybridized carbons (Fsp3) is 0.0909. The lowest BCUT2D eigenvalue weighted by atomic mass is 10.2. The maximum absolute atomic E-state index is 13.1. The monoisotopic (exact) mass is 513 g/mol. The Labute approximate surface area is 196 Å². The Kier molecular flexibility index (Phi) is 5.83. The molecule has 1 aromatic heterocycles. The van der Waals surface area contributed by atoms with Crippen LogP contribution in [0.25, 0.3) is 11.8 Å². The third-order valence-corrected chi connectivity index (χ3v) is 6.78. The van der Waals surface area contributed by atoms with Crippen LogP contribution < -0.4 is 4.90 Å². The molecule has 2 aromatic carbocycles. The number of benzene rings is 2. The topological polar surface area (TPSA) is 68.4 Å². The van der Waals surface area contributed by atoms with Crippen LogP contribution in [-0.4, -0.2) is 19.7 Å². The molecule has 0 radical (unpaired) electrons. The molecule has 2 heterocycles. The largest absolute Gasteiger partial charge is 0.318 e. The Morgan fingerprint density at radius 3 is 2.29 bits per heavy atom. The molecule has 31 heavy (non-hydrogen) atoms. The Bertz CT molecular complexity index is 1250. The van der Waals surface area contributed by atoms with Crippen molar-refractivity contribution in [2.45, 2.75) is 13.8 Å². The van der Waals surface area contributed by atoms with Crippen LogP contribution in [0.1, 0.15) is 17.0 Å². The van der Waals surface area contributed by atoms with E-state index in [0.717, 1.165) is 27.1 Å². The van der Waals surface area contributed by atoms with Crippen LogP contribution >= 0.6 is 39.9 Å². The summed E-state index contributed by atoms with van der Waals surface area (Å²) in [6.45, 7) is 4.03. The van der Waals surface area contributed by atoms with E-state index < -0.39 is 4.92 Å². The van der Waals surface area contributed by atoms with Gasteiger partial charge in [0, 0.05) is 33.7 Å². The van der Waals surface area contributed by atoms with Crippen LogP contribution in [0.4, 0.5) is 11.4 Å². The van der Waals surface area contributed by atoms with E-state index in [0.29, 0.717) is 14.9 Å². The van der Waals surface area contributed by atoms with Gasteiger partial charge < -0.3 is 4.57 Å². The molecule has 9 heteroatoms. The van der Waals surface area contributed by atoms with Crippen LogP contribution in [0.5, 0.6) is 0 Å². The molecule has 1 amide bonds. The van der Waals surface area contributed by atoms with E-state index in [1.54, 1.807) is 0 Å². The lowest BCUT2D eigenvalue weighted by Gasteiger charge is -2.13. The molecular weight excluding hydrogens is 498 g/mol. The van der Waals surface area contributed by atoms with Gasteiger partial charge in [-0.2, -0.15) is 0 Å². The number of carbonyl (C=O) groups is 1. The zero-order valence-corrected chi connectivity index (χ0v) is 19.8. The van der Waals surface area contributed by atoms with Crippen LogP contribution in [0.2, 0.25) is 0 Å². The van der Waals surface area contributed by atoms with Gasteiger partial charge in [0.25, 0.3) is 11.6 Å². The van der Waals surface area contributed by atoms with E-state index in [1.165, 1.54) is 40.9 Å². The number of non-ortho nitro benzene ring substituents is 1. The molecule has 0 spiro atoms. The van der Waals surface area contributed by atoms with Gasteiger partial charge in [-0.05, 0) is 68.0 Å². The van der Waals surface area contributed by atoms with Gasteiger partial charge in [0.1, 0.15) is 0 Å². The summed E-state index contributed by atoms with van der Waals surface area (Å²) >= 11 is 10.1. The minimum absolute atomic E-state index is 0.0369. The smallest absolute Gasteiger partial charge is 0.270 e. The van der Waals surface area contributed by atoms with E-state index in [4.69, 9.17) is 12.2 Å². The zero-order valence-electron chi connectivity index (χ0n) is 16.5. The van der Waals surface area contributed by atoms with Gasteiger partial charge in [-0.3, -0.25) is 19.8 Å². The summed E-state index contributed by atoms with van der Waals surface area (Å²) in [5.41, 5.74) is 4.51. The molecule has 4 rings (SSSR count). The summed E-state index contributed by atoms with van der Waals surface area (Å²) in [5, 5.41) is 10.9. The van der Waals surface area contributed by atoms with Crippen molar-refractivity contribution in [1.82, 2.24) is 4.57 Å². The van der Waals surface area contributed by atoms with E-state index in [-0.39, 0.29) is 11.6 Å². The van der Waals surface area contributed by atoms with Crippen molar-refractivity contribution in [3.05, 3.63) is 91.0 Å². The van der Waals surface area contributed by atoms with E-state index in [9.17, 15) is 14.9 Å². The van der Waals surface area contributed by atoms with Crippen molar-refractivity contribution in [3.8, 4) is 5.69 Å². The second kappa shape index (κ2) is 8.41. The SMILES string of the molecule is Cc1cc(/C=C2/SC(=S)N(c3ccc([N+](=O)[O-])cc3)C2=O)c(C)n1-c1ccc(Br)cc1. The van der Waals surface area contributed by atoms with Crippen LogP contribution in [-0.2, 0) is 4.79 Å². The number of hydrogen-bond donors (Lipinski definition) is 0. The Balaban J connectivity index is 1.66. The van der Waals surface area contributed by atoms with Gasteiger partial charge in [-0.15, -0.1) is 0 Å². The highest BCUT2D eigenvalue weighted by Crippen LogP contribution is 2.37. The number of nitro groups is 1. The number of carbonyl (C=O) groups excluding carboxylic acids is 1. The van der Waals surface area contributed by atoms with Crippen LogP contribution in [0.3, 0.4) is 0 Å². The number of nitro benzene ring substituents is 1. The van der Waals surface area contributed by atoms with Crippen molar-refractivity contribution in [2.75, 3.05) is 4.90 Å². The van der Waals surface area contributed by atoms with E-state index in [2.05, 4.69) is 20.5 Å². The number of thioether (sulfide) groups is 1. The minimum Gasteiger partial charge on any atom is -0.318 e. The Hall–Kier alpha value is -2.75. The van der Waals surface area contributed by atoms with Crippen LogP contribution in [0.15, 0.2) is 64.0 Å². The van der Waals surface area contributed by atoms with Crippen molar-refractivity contribution < 1.29 is 9.72 Å². The number of thiocarbonyl (C=S) groups is 1. The molecule has 1 saturated heterocycles. The molecule has 6 nitrogen and oxygen atoms in total. The maximum atomic E-state index is 13.1. The molecule has 3 aromatic rings.